The van der Waals surface area contributed by atoms with E-state index >= 15 is 0 Å². The van der Waals surface area contributed by atoms with E-state index in [1.54, 1.807) is 6.92 Å². The Balaban J connectivity index is 2.13. The molecule has 1 aromatic carbocycles. The fraction of sp³-hybridized carbons (Fsp3) is 0.231. The number of aromatic nitrogens is 2. The average molecular weight is 230 g/mol. The van der Waals surface area contributed by atoms with Gasteiger partial charge in [-0.3, -0.25) is 0 Å². The first-order valence-corrected chi connectivity index (χ1v) is 5.40. The molecule has 0 radical (unpaired) electrons. The van der Waals surface area contributed by atoms with Crippen molar-refractivity contribution in [1.29, 1.82) is 0 Å². The Morgan fingerprint density at radius 3 is 2.65 bits per heavy atom. The molecule has 1 heterocycles. The molecule has 0 aliphatic heterocycles. The topological polar surface area (TPSA) is 49.1 Å². The van der Waals surface area contributed by atoms with E-state index in [1.807, 2.05) is 37.3 Å². The molecule has 0 spiro atoms. The Kier molecular flexibility index (Phi) is 3.23. The van der Waals surface area contributed by atoms with Crippen LogP contribution < -0.4 is 9.47 Å². The van der Waals surface area contributed by atoms with Crippen LogP contribution in [0.2, 0.25) is 0 Å². The molecule has 2 rings (SSSR count). The van der Waals surface area contributed by atoms with Crippen molar-refractivity contribution >= 4 is 0 Å². The summed E-state index contributed by atoms with van der Waals surface area (Å²) in [6, 6.07) is 9.85. The van der Waals surface area contributed by atoms with Gasteiger partial charge in [0.05, 0.1) is 5.56 Å². The summed E-state index contributed by atoms with van der Waals surface area (Å²) in [4.78, 5) is 3.98. The van der Waals surface area contributed by atoms with Gasteiger partial charge >= 0.3 is 5.88 Å². The van der Waals surface area contributed by atoms with Crippen LogP contribution in [0.15, 0.2) is 36.7 Å². The fourth-order valence-corrected chi connectivity index (χ4v) is 1.48. The van der Waals surface area contributed by atoms with Gasteiger partial charge in [0.1, 0.15) is 12.3 Å². The van der Waals surface area contributed by atoms with Gasteiger partial charge in [0, 0.05) is 0 Å². The molecule has 0 fully saturated rings. The van der Waals surface area contributed by atoms with Crippen LogP contribution in [0.1, 0.15) is 16.8 Å². The predicted molar refractivity (Wildman–Crippen MR) is 63.4 cm³/mol. The van der Waals surface area contributed by atoms with Gasteiger partial charge in [-0.05, 0) is 24.4 Å². The van der Waals surface area contributed by atoms with Gasteiger partial charge in [-0.1, -0.05) is 30.3 Å². The Morgan fingerprint density at radius 1 is 1.24 bits per heavy atom. The van der Waals surface area contributed by atoms with Crippen LogP contribution in [0.3, 0.4) is 0 Å². The van der Waals surface area contributed by atoms with Crippen molar-refractivity contribution in [1.82, 2.24) is 4.98 Å². The van der Waals surface area contributed by atoms with Crippen molar-refractivity contribution in [2.24, 2.45) is 0 Å². The molecule has 4 nitrogen and oxygen atoms in total. The zero-order chi connectivity index (χ0) is 12.3. The van der Waals surface area contributed by atoms with Gasteiger partial charge in [-0.15, -0.1) is 0 Å². The molecule has 0 saturated carbocycles. The van der Waals surface area contributed by atoms with Crippen molar-refractivity contribution < 1.29 is 9.47 Å². The number of rotatable bonds is 3. The first kappa shape index (κ1) is 11.4. The maximum absolute atomic E-state index is 11.3. The van der Waals surface area contributed by atoms with Crippen molar-refractivity contribution in [2.45, 2.75) is 20.5 Å². The van der Waals surface area contributed by atoms with Crippen molar-refractivity contribution in [3.8, 4) is 5.88 Å². The van der Waals surface area contributed by atoms with Crippen LogP contribution in [-0.2, 0) is 6.61 Å². The van der Waals surface area contributed by atoms with E-state index in [4.69, 9.17) is 4.74 Å². The molecule has 88 valence electrons. The Labute approximate surface area is 100 Å². The summed E-state index contributed by atoms with van der Waals surface area (Å²) in [5.74, 6) is 0.512. The van der Waals surface area contributed by atoms with Crippen LogP contribution in [0.5, 0.6) is 5.88 Å². The van der Waals surface area contributed by atoms with Gasteiger partial charge < -0.3 is 9.94 Å². The number of hydrogen-bond acceptors (Lipinski definition) is 3. The molecule has 4 heteroatoms. The Bertz CT molecular complexity index is 512. The quantitative estimate of drug-likeness (QED) is 0.597. The van der Waals surface area contributed by atoms with E-state index in [-0.39, 0.29) is 0 Å². The van der Waals surface area contributed by atoms with Gasteiger partial charge in [-0.2, -0.15) is 0 Å². The third-order valence-corrected chi connectivity index (χ3v) is 2.69. The van der Waals surface area contributed by atoms with E-state index in [1.165, 1.54) is 6.33 Å². The fourth-order valence-electron chi connectivity index (χ4n) is 1.48. The minimum atomic E-state index is 0.455. The van der Waals surface area contributed by atoms with E-state index < -0.39 is 0 Å². The smallest absolute Gasteiger partial charge is 0.335 e. The molecule has 0 N–H and O–H groups in total. The van der Waals surface area contributed by atoms with Crippen LogP contribution in [0, 0.1) is 19.1 Å². The Morgan fingerprint density at radius 2 is 1.94 bits per heavy atom. The predicted octanol–water partition coefficient (Wildman–Crippen LogP) is 1.91. The molecule has 2 aromatic rings. The highest BCUT2D eigenvalue weighted by atomic mass is 16.5. The summed E-state index contributed by atoms with van der Waals surface area (Å²) in [6.07, 6.45) is 1.22. The lowest BCUT2D eigenvalue weighted by Crippen LogP contribution is -2.31. The summed E-state index contributed by atoms with van der Waals surface area (Å²) < 4.78 is 6.34. The second-order valence-electron chi connectivity index (χ2n) is 3.86. The molecule has 0 bridgehead atoms. The van der Waals surface area contributed by atoms with Crippen molar-refractivity contribution in [3.05, 3.63) is 58.7 Å². The second kappa shape index (κ2) is 4.82. The van der Waals surface area contributed by atoms with E-state index in [0.29, 0.717) is 18.2 Å². The van der Waals surface area contributed by atoms with Crippen LogP contribution in [0.4, 0.5) is 0 Å². The standard InChI is InChI=1S/C13H14N2O2/c1-10-11(2)15(16)9-14-13(10)17-8-12-6-4-3-5-7-12/h3-7,9H,8H2,1-2H3. The van der Waals surface area contributed by atoms with Gasteiger partial charge in [-0.25, -0.2) is 4.73 Å². The summed E-state index contributed by atoms with van der Waals surface area (Å²) in [6.45, 7) is 4.04. The van der Waals surface area contributed by atoms with Crippen LogP contribution in [0.25, 0.3) is 0 Å². The molecule has 0 unspecified atom stereocenters. The molecule has 0 amide bonds. The van der Waals surface area contributed by atoms with E-state index in [9.17, 15) is 5.21 Å². The summed E-state index contributed by atoms with van der Waals surface area (Å²) in [7, 11) is 0. The Hall–Kier alpha value is -2.10. The SMILES string of the molecule is Cc1c(OCc2ccccc2)nc[n+]([O-])c1C. The molecule has 0 saturated heterocycles. The van der Waals surface area contributed by atoms with Crippen molar-refractivity contribution in [2.75, 3.05) is 0 Å². The number of hydrogen-bond donors (Lipinski definition) is 0. The number of nitrogens with zero attached hydrogens (tertiary/aromatic N) is 2. The summed E-state index contributed by atoms with van der Waals surface area (Å²) >= 11 is 0. The molecular weight excluding hydrogens is 216 g/mol. The largest absolute Gasteiger partial charge is 0.711 e. The highest BCUT2D eigenvalue weighted by molar-refractivity contribution is 5.25. The first-order valence-electron chi connectivity index (χ1n) is 5.40. The van der Waals surface area contributed by atoms with Crippen molar-refractivity contribution in [3.63, 3.8) is 0 Å². The number of ether oxygens (including phenoxy) is 1. The maximum Gasteiger partial charge on any atom is 0.335 e. The molecule has 17 heavy (non-hydrogen) atoms. The molecule has 0 aliphatic carbocycles. The number of benzene rings is 1. The first-order chi connectivity index (χ1) is 8.18. The molecule has 0 atom stereocenters. The highest BCUT2D eigenvalue weighted by Crippen LogP contribution is 2.15. The summed E-state index contributed by atoms with van der Waals surface area (Å²) in [5.41, 5.74) is 2.46. The zero-order valence-corrected chi connectivity index (χ0v) is 9.88. The lowest BCUT2D eigenvalue weighted by atomic mass is 10.2. The lowest BCUT2D eigenvalue weighted by molar-refractivity contribution is -0.616. The minimum Gasteiger partial charge on any atom is -0.711 e. The summed E-state index contributed by atoms with van der Waals surface area (Å²) in [5, 5.41) is 11.3. The molecular formula is C13H14N2O2. The van der Waals surface area contributed by atoms with E-state index in [2.05, 4.69) is 4.98 Å². The second-order valence-corrected chi connectivity index (χ2v) is 3.86. The van der Waals surface area contributed by atoms with Crippen LogP contribution >= 0.6 is 0 Å². The third kappa shape index (κ3) is 2.53. The maximum atomic E-state index is 11.3. The zero-order valence-electron chi connectivity index (χ0n) is 9.88. The van der Waals surface area contributed by atoms with Gasteiger partial charge in [0.15, 0.2) is 0 Å². The molecule has 1 aromatic heterocycles. The highest BCUT2D eigenvalue weighted by Gasteiger charge is 2.12. The van der Waals surface area contributed by atoms with E-state index in [0.717, 1.165) is 15.9 Å². The van der Waals surface area contributed by atoms with Crippen LogP contribution in [-0.4, -0.2) is 4.98 Å². The lowest BCUT2D eigenvalue weighted by Gasteiger charge is -2.09. The van der Waals surface area contributed by atoms with Gasteiger partial charge in [0.25, 0.3) is 6.33 Å². The van der Waals surface area contributed by atoms with Gasteiger partial charge in [0.2, 0.25) is 0 Å². The average Bonchev–Trinajstić information content (AvgIpc) is 2.36. The molecule has 0 aliphatic rings. The third-order valence-electron chi connectivity index (χ3n) is 2.69. The normalized spacial score (nSPS) is 10.2. The monoisotopic (exact) mass is 230 g/mol. The minimum absolute atomic E-state index is 0.455.